The summed E-state index contributed by atoms with van der Waals surface area (Å²) in [7, 11) is 1.82. The van der Waals surface area contributed by atoms with Gasteiger partial charge in [-0.25, -0.2) is 0 Å². The molecule has 2 heterocycles. The Balaban J connectivity index is 0.00000306. The first-order chi connectivity index (χ1) is 15.8. The van der Waals surface area contributed by atoms with E-state index < -0.39 is 0 Å². The molecular formula is C26H38IN5O. The molecule has 2 N–H and O–H groups in total. The monoisotopic (exact) mass is 563 g/mol. The molecule has 2 saturated heterocycles. The van der Waals surface area contributed by atoms with Crippen LogP contribution in [0, 0.1) is 0 Å². The number of nitrogens with one attached hydrogen (secondary N) is 2. The molecule has 0 radical (unpaired) electrons. The van der Waals surface area contributed by atoms with Crippen molar-refractivity contribution in [1.29, 1.82) is 0 Å². The van der Waals surface area contributed by atoms with Gasteiger partial charge in [-0.05, 0) is 48.2 Å². The van der Waals surface area contributed by atoms with Crippen molar-refractivity contribution in [2.75, 3.05) is 46.4 Å². The Kier molecular flexibility index (Phi) is 10.9. The van der Waals surface area contributed by atoms with Gasteiger partial charge >= 0.3 is 0 Å². The van der Waals surface area contributed by atoms with Gasteiger partial charge in [-0.3, -0.25) is 14.8 Å². The number of benzene rings is 2. The minimum atomic E-state index is 0. The first-order valence-electron chi connectivity index (χ1n) is 11.9. The lowest BCUT2D eigenvalue weighted by Crippen LogP contribution is -2.36. The number of hydrogen-bond donors (Lipinski definition) is 2. The van der Waals surface area contributed by atoms with E-state index in [-0.39, 0.29) is 24.0 Å². The van der Waals surface area contributed by atoms with Gasteiger partial charge in [-0.2, -0.15) is 0 Å². The van der Waals surface area contributed by atoms with Crippen LogP contribution in [0.1, 0.15) is 35.1 Å². The normalized spacial score (nSPS) is 17.5. The molecule has 180 valence electrons. The Morgan fingerprint density at radius 1 is 0.788 bits per heavy atom. The number of morpholine rings is 1. The number of hydrogen-bond acceptors (Lipinski definition) is 4. The molecule has 2 aliphatic heterocycles. The van der Waals surface area contributed by atoms with Crippen LogP contribution in [0.15, 0.2) is 53.5 Å². The minimum absolute atomic E-state index is 0. The fraction of sp³-hybridized carbons (Fsp3) is 0.500. The Morgan fingerprint density at radius 3 is 2.06 bits per heavy atom. The zero-order valence-electron chi connectivity index (χ0n) is 19.8. The fourth-order valence-corrected chi connectivity index (χ4v) is 4.41. The van der Waals surface area contributed by atoms with Crippen LogP contribution >= 0.6 is 24.0 Å². The lowest BCUT2D eigenvalue weighted by molar-refractivity contribution is 0.0342. The summed E-state index contributed by atoms with van der Waals surface area (Å²) < 4.78 is 5.45. The molecular weight excluding hydrogens is 525 g/mol. The lowest BCUT2D eigenvalue weighted by atomic mass is 10.1. The molecule has 33 heavy (non-hydrogen) atoms. The predicted molar refractivity (Wildman–Crippen MR) is 146 cm³/mol. The number of nitrogens with zero attached hydrogens (tertiary/aromatic N) is 3. The molecule has 0 bridgehead atoms. The van der Waals surface area contributed by atoms with E-state index in [1.807, 2.05) is 7.05 Å². The average molecular weight is 564 g/mol. The largest absolute Gasteiger partial charge is 0.379 e. The van der Waals surface area contributed by atoms with E-state index in [2.05, 4.69) is 74.0 Å². The van der Waals surface area contributed by atoms with Gasteiger partial charge in [0.05, 0.1) is 13.2 Å². The van der Waals surface area contributed by atoms with Crippen LogP contribution in [0.5, 0.6) is 0 Å². The van der Waals surface area contributed by atoms with Gasteiger partial charge in [0, 0.05) is 46.3 Å². The third kappa shape index (κ3) is 8.55. The average Bonchev–Trinajstić information content (AvgIpc) is 3.34. The second kappa shape index (κ2) is 13.9. The van der Waals surface area contributed by atoms with Crippen LogP contribution in [0.3, 0.4) is 0 Å². The highest BCUT2D eigenvalue weighted by Crippen LogP contribution is 2.13. The van der Waals surface area contributed by atoms with Crippen molar-refractivity contribution < 1.29 is 4.74 Å². The summed E-state index contributed by atoms with van der Waals surface area (Å²) >= 11 is 0. The minimum Gasteiger partial charge on any atom is -0.379 e. The Bertz CT molecular complexity index is 861. The molecule has 4 rings (SSSR count). The summed E-state index contributed by atoms with van der Waals surface area (Å²) in [5.74, 6) is 0.824. The molecule has 0 aliphatic carbocycles. The zero-order chi connectivity index (χ0) is 22.0. The van der Waals surface area contributed by atoms with Crippen LogP contribution in [0.4, 0.5) is 0 Å². The molecule has 2 aromatic carbocycles. The van der Waals surface area contributed by atoms with Gasteiger partial charge in [-0.15, -0.1) is 24.0 Å². The molecule has 0 unspecified atom stereocenters. The lowest BCUT2D eigenvalue weighted by Gasteiger charge is -2.26. The van der Waals surface area contributed by atoms with E-state index in [1.54, 1.807) is 0 Å². The summed E-state index contributed by atoms with van der Waals surface area (Å²) in [5, 5.41) is 6.88. The van der Waals surface area contributed by atoms with Crippen molar-refractivity contribution in [3.8, 4) is 0 Å². The number of guanidine groups is 1. The Hall–Kier alpha value is -1.68. The molecule has 6 nitrogen and oxygen atoms in total. The maximum absolute atomic E-state index is 5.45. The summed E-state index contributed by atoms with van der Waals surface area (Å²) in [4.78, 5) is 9.37. The summed E-state index contributed by atoms with van der Waals surface area (Å²) in [6.45, 7) is 9.75. The van der Waals surface area contributed by atoms with Gasteiger partial charge in [0.15, 0.2) is 5.96 Å². The molecule has 7 heteroatoms. The van der Waals surface area contributed by atoms with Crippen LogP contribution in [0.2, 0.25) is 0 Å². The standard InChI is InChI=1S/C26H37N5O.HI/c1-27-26(28-18-22-7-9-23(10-8-22)20-30-11-2-3-12-30)29-19-24-5-4-6-25(17-24)21-31-13-15-32-16-14-31;/h4-10,17H,2-3,11-16,18-21H2,1H3,(H2,27,28,29);1H. The first kappa shape index (κ1) is 25.9. The molecule has 2 aromatic rings. The Labute approximate surface area is 215 Å². The number of ether oxygens (including phenoxy) is 1. The zero-order valence-corrected chi connectivity index (χ0v) is 22.1. The van der Waals surface area contributed by atoms with Crippen molar-refractivity contribution in [2.24, 2.45) is 4.99 Å². The number of halogens is 1. The fourth-order valence-electron chi connectivity index (χ4n) is 4.41. The smallest absolute Gasteiger partial charge is 0.191 e. The van der Waals surface area contributed by atoms with Gasteiger partial charge in [-0.1, -0.05) is 48.5 Å². The Morgan fingerprint density at radius 2 is 1.36 bits per heavy atom. The van der Waals surface area contributed by atoms with Gasteiger partial charge in [0.2, 0.25) is 0 Å². The van der Waals surface area contributed by atoms with Gasteiger partial charge in [0.1, 0.15) is 0 Å². The molecule has 0 spiro atoms. The predicted octanol–water partition coefficient (Wildman–Crippen LogP) is 3.60. The highest BCUT2D eigenvalue weighted by molar-refractivity contribution is 14.0. The van der Waals surface area contributed by atoms with Gasteiger partial charge < -0.3 is 15.4 Å². The van der Waals surface area contributed by atoms with E-state index >= 15 is 0 Å². The van der Waals surface area contributed by atoms with Crippen LogP contribution in [0.25, 0.3) is 0 Å². The molecule has 2 fully saturated rings. The molecule has 0 saturated carbocycles. The van der Waals surface area contributed by atoms with Crippen LogP contribution in [-0.2, 0) is 30.9 Å². The van der Waals surface area contributed by atoms with E-state index in [0.29, 0.717) is 0 Å². The van der Waals surface area contributed by atoms with E-state index in [4.69, 9.17) is 4.74 Å². The third-order valence-electron chi connectivity index (χ3n) is 6.27. The van der Waals surface area contributed by atoms with Crippen molar-refractivity contribution >= 4 is 29.9 Å². The van der Waals surface area contributed by atoms with Crippen molar-refractivity contribution in [1.82, 2.24) is 20.4 Å². The highest BCUT2D eigenvalue weighted by atomic mass is 127. The SMILES string of the molecule is CN=C(NCc1ccc(CN2CCCC2)cc1)NCc1cccc(CN2CCOCC2)c1.I. The van der Waals surface area contributed by atoms with Gasteiger partial charge in [0.25, 0.3) is 0 Å². The molecule has 0 amide bonds. The maximum atomic E-state index is 5.45. The topological polar surface area (TPSA) is 52.1 Å². The summed E-state index contributed by atoms with van der Waals surface area (Å²) in [5.41, 5.74) is 5.29. The third-order valence-corrected chi connectivity index (χ3v) is 6.27. The highest BCUT2D eigenvalue weighted by Gasteiger charge is 2.12. The summed E-state index contributed by atoms with van der Waals surface area (Å²) in [6, 6.07) is 17.8. The number of likely N-dealkylation sites (tertiary alicyclic amines) is 1. The second-order valence-corrected chi connectivity index (χ2v) is 8.79. The van der Waals surface area contributed by atoms with E-state index in [9.17, 15) is 0 Å². The first-order valence-corrected chi connectivity index (χ1v) is 11.9. The number of aliphatic imine (C=N–C) groups is 1. The van der Waals surface area contributed by atoms with Crippen molar-refractivity contribution in [2.45, 2.75) is 39.0 Å². The van der Waals surface area contributed by atoms with Crippen LogP contribution < -0.4 is 10.6 Å². The van der Waals surface area contributed by atoms with E-state index in [0.717, 1.165) is 58.4 Å². The quantitative estimate of drug-likeness (QED) is 0.292. The molecule has 0 aromatic heterocycles. The number of rotatable bonds is 8. The van der Waals surface area contributed by atoms with Crippen molar-refractivity contribution in [3.63, 3.8) is 0 Å². The van der Waals surface area contributed by atoms with Crippen LogP contribution in [-0.4, -0.2) is 62.2 Å². The van der Waals surface area contributed by atoms with Crippen molar-refractivity contribution in [3.05, 3.63) is 70.8 Å². The molecule has 2 aliphatic rings. The second-order valence-electron chi connectivity index (χ2n) is 8.79. The molecule has 0 atom stereocenters. The maximum Gasteiger partial charge on any atom is 0.191 e. The van der Waals surface area contributed by atoms with E-state index in [1.165, 1.54) is 48.2 Å². The summed E-state index contributed by atoms with van der Waals surface area (Å²) in [6.07, 6.45) is 2.68.